The monoisotopic (exact) mass is 617 g/mol. The lowest BCUT2D eigenvalue weighted by molar-refractivity contribution is -0.115. The van der Waals surface area contributed by atoms with Crippen molar-refractivity contribution in [3.63, 3.8) is 0 Å². The minimum absolute atomic E-state index is 0.0438. The molecule has 4 aromatic rings. The largest absolute Gasteiger partial charge is 0.492 e. The van der Waals surface area contributed by atoms with Gasteiger partial charge in [0.1, 0.15) is 17.3 Å². The van der Waals surface area contributed by atoms with Gasteiger partial charge < -0.3 is 20.7 Å². The van der Waals surface area contributed by atoms with Gasteiger partial charge in [0, 0.05) is 21.7 Å². The molecule has 0 heterocycles. The van der Waals surface area contributed by atoms with Crippen molar-refractivity contribution < 1.29 is 23.5 Å². The van der Waals surface area contributed by atoms with E-state index in [1.165, 1.54) is 36.0 Å². The number of thioether (sulfide) groups is 1. The third kappa shape index (κ3) is 8.70. The highest BCUT2D eigenvalue weighted by Crippen LogP contribution is 2.29. The Morgan fingerprint density at radius 2 is 1.65 bits per heavy atom. The summed E-state index contributed by atoms with van der Waals surface area (Å²) in [4.78, 5) is 39.9. The van der Waals surface area contributed by atoms with E-state index in [9.17, 15) is 18.8 Å². The van der Waals surface area contributed by atoms with E-state index in [2.05, 4.69) is 16.0 Å². The maximum atomic E-state index is 14.6. The van der Waals surface area contributed by atoms with E-state index in [0.717, 1.165) is 4.90 Å². The molecule has 1 atom stereocenters. The number of amides is 3. The summed E-state index contributed by atoms with van der Waals surface area (Å²) < 4.78 is 20.2. The van der Waals surface area contributed by atoms with E-state index in [4.69, 9.17) is 16.3 Å². The molecule has 0 aliphatic carbocycles. The van der Waals surface area contributed by atoms with Crippen LogP contribution in [-0.2, 0) is 9.59 Å². The predicted molar refractivity (Wildman–Crippen MR) is 170 cm³/mol. The molecule has 1 unspecified atom stereocenters. The van der Waals surface area contributed by atoms with E-state index < -0.39 is 22.9 Å². The highest BCUT2D eigenvalue weighted by molar-refractivity contribution is 8.00. The van der Waals surface area contributed by atoms with Crippen molar-refractivity contribution >= 4 is 58.5 Å². The number of rotatable bonds is 11. The van der Waals surface area contributed by atoms with Crippen LogP contribution in [0.4, 0.5) is 15.8 Å². The van der Waals surface area contributed by atoms with Gasteiger partial charge in [0.2, 0.25) is 5.91 Å². The summed E-state index contributed by atoms with van der Waals surface area (Å²) in [5, 5.41) is 7.81. The Labute approximate surface area is 258 Å². The predicted octanol–water partition coefficient (Wildman–Crippen LogP) is 7.41. The van der Waals surface area contributed by atoms with Crippen molar-refractivity contribution in [1.82, 2.24) is 5.32 Å². The molecule has 0 saturated heterocycles. The smallest absolute Gasteiger partial charge is 0.272 e. The standard InChI is InChI=1S/C33H29ClFN3O4S/c1-3-42-30-18-8-7-17-28(30)37-31(39)21(2)43-24-14-9-13-23(19-24)36-33(41)29(20-25-26(34)15-10-16-27(25)35)38-32(40)22-11-5-4-6-12-22/h4-21H,3H2,1-2H3,(H,36,41)(H,37,39)(H,38,40)/b29-20+. The third-order valence-electron chi connectivity index (χ3n) is 6.04. The number of ether oxygens (including phenoxy) is 1. The average Bonchev–Trinajstić information content (AvgIpc) is 3.00. The Hall–Kier alpha value is -4.60. The van der Waals surface area contributed by atoms with Crippen LogP contribution in [0.15, 0.2) is 108 Å². The number of benzene rings is 4. The van der Waals surface area contributed by atoms with Crippen molar-refractivity contribution in [2.75, 3.05) is 17.2 Å². The van der Waals surface area contributed by atoms with Gasteiger partial charge in [-0.05, 0) is 74.5 Å². The van der Waals surface area contributed by atoms with Gasteiger partial charge in [-0.25, -0.2) is 4.39 Å². The minimum atomic E-state index is -0.691. The lowest BCUT2D eigenvalue weighted by Gasteiger charge is -2.15. The summed E-state index contributed by atoms with van der Waals surface area (Å²) in [5.74, 6) is -1.53. The molecule has 3 N–H and O–H groups in total. The second-order valence-electron chi connectivity index (χ2n) is 9.17. The van der Waals surface area contributed by atoms with Crippen molar-refractivity contribution in [2.24, 2.45) is 0 Å². The average molecular weight is 618 g/mol. The van der Waals surface area contributed by atoms with Crippen LogP contribution in [-0.4, -0.2) is 29.6 Å². The van der Waals surface area contributed by atoms with Crippen LogP contribution in [0, 0.1) is 5.82 Å². The van der Waals surface area contributed by atoms with Crippen LogP contribution < -0.4 is 20.7 Å². The van der Waals surface area contributed by atoms with Crippen LogP contribution in [0.25, 0.3) is 6.08 Å². The topological polar surface area (TPSA) is 96.5 Å². The number of anilines is 2. The molecule has 220 valence electrons. The fraction of sp³-hybridized carbons (Fsp3) is 0.121. The zero-order chi connectivity index (χ0) is 30.8. The highest BCUT2D eigenvalue weighted by Gasteiger charge is 2.19. The van der Waals surface area contributed by atoms with Crippen molar-refractivity contribution in [2.45, 2.75) is 24.0 Å². The number of hydrogen-bond acceptors (Lipinski definition) is 5. The molecular formula is C33H29ClFN3O4S. The first-order valence-electron chi connectivity index (χ1n) is 13.4. The molecule has 0 aliphatic rings. The van der Waals surface area contributed by atoms with Crippen LogP contribution in [0.5, 0.6) is 5.75 Å². The first-order valence-corrected chi connectivity index (χ1v) is 14.6. The van der Waals surface area contributed by atoms with Crippen LogP contribution >= 0.6 is 23.4 Å². The summed E-state index contributed by atoms with van der Waals surface area (Å²) in [6, 6.07) is 26.6. The maximum absolute atomic E-state index is 14.6. The molecule has 3 amide bonds. The summed E-state index contributed by atoms with van der Waals surface area (Å²) in [5.41, 5.74) is 1.05. The molecule has 4 rings (SSSR count). The molecule has 0 aromatic heterocycles. The molecule has 7 nitrogen and oxygen atoms in total. The van der Waals surface area contributed by atoms with Crippen LogP contribution in [0.1, 0.15) is 29.8 Å². The molecule has 4 aromatic carbocycles. The SMILES string of the molecule is CCOc1ccccc1NC(=O)C(C)Sc1cccc(NC(=O)/C(=C\c2c(F)cccc2Cl)NC(=O)c2ccccc2)c1. The van der Waals surface area contributed by atoms with E-state index in [1.54, 1.807) is 67.6 Å². The van der Waals surface area contributed by atoms with Crippen molar-refractivity contribution in [1.29, 1.82) is 0 Å². The second-order valence-corrected chi connectivity index (χ2v) is 11.0. The lowest BCUT2D eigenvalue weighted by atomic mass is 10.1. The molecular weight excluding hydrogens is 589 g/mol. The Kier molecular flexibility index (Phi) is 11.0. The zero-order valence-electron chi connectivity index (χ0n) is 23.4. The fourth-order valence-corrected chi connectivity index (χ4v) is 5.07. The number of halogens is 2. The molecule has 10 heteroatoms. The summed E-state index contributed by atoms with van der Waals surface area (Å²) in [7, 11) is 0. The Morgan fingerprint density at radius 1 is 0.930 bits per heavy atom. The summed E-state index contributed by atoms with van der Waals surface area (Å²) in [6.07, 6.45) is 1.19. The summed E-state index contributed by atoms with van der Waals surface area (Å²) >= 11 is 7.49. The molecule has 43 heavy (non-hydrogen) atoms. The quantitative estimate of drug-likeness (QED) is 0.120. The maximum Gasteiger partial charge on any atom is 0.272 e. The van der Waals surface area contributed by atoms with E-state index in [1.807, 2.05) is 25.1 Å². The molecule has 0 aliphatic heterocycles. The lowest BCUT2D eigenvalue weighted by Crippen LogP contribution is -2.30. The number of carbonyl (C=O) groups is 3. The molecule has 0 spiro atoms. The number of carbonyl (C=O) groups excluding carboxylic acids is 3. The first-order chi connectivity index (χ1) is 20.7. The second kappa shape index (κ2) is 15.0. The summed E-state index contributed by atoms with van der Waals surface area (Å²) in [6.45, 7) is 4.11. The van der Waals surface area contributed by atoms with Gasteiger partial charge in [0.15, 0.2) is 0 Å². The van der Waals surface area contributed by atoms with E-state index in [0.29, 0.717) is 29.3 Å². The molecule has 0 fully saturated rings. The van der Waals surface area contributed by atoms with Crippen LogP contribution in [0.3, 0.4) is 0 Å². The number of nitrogens with one attached hydrogen (secondary N) is 3. The van der Waals surface area contributed by atoms with Crippen molar-refractivity contribution in [3.8, 4) is 5.75 Å². The first kappa shape index (κ1) is 31.3. The Balaban J connectivity index is 1.50. The van der Waals surface area contributed by atoms with E-state index >= 15 is 0 Å². The van der Waals surface area contributed by atoms with Gasteiger partial charge in [-0.2, -0.15) is 0 Å². The fourth-order valence-electron chi connectivity index (χ4n) is 3.92. The Bertz CT molecular complexity index is 1630. The molecule has 0 bridgehead atoms. The van der Waals surface area contributed by atoms with Gasteiger partial charge in [0.05, 0.1) is 22.6 Å². The zero-order valence-corrected chi connectivity index (χ0v) is 25.0. The van der Waals surface area contributed by atoms with Crippen molar-refractivity contribution in [3.05, 3.63) is 125 Å². The highest BCUT2D eigenvalue weighted by atomic mass is 35.5. The van der Waals surface area contributed by atoms with E-state index in [-0.39, 0.29) is 22.2 Å². The minimum Gasteiger partial charge on any atom is -0.492 e. The van der Waals surface area contributed by atoms with Gasteiger partial charge in [-0.3, -0.25) is 14.4 Å². The normalized spacial score (nSPS) is 11.8. The van der Waals surface area contributed by atoms with Gasteiger partial charge in [-0.15, -0.1) is 11.8 Å². The molecule has 0 radical (unpaired) electrons. The number of para-hydroxylation sites is 2. The van der Waals surface area contributed by atoms with Gasteiger partial charge in [0.25, 0.3) is 11.8 Å². The van der Waals surface area contributed by atoms with Gasteiger partial charge >= 0.3 is 0 Å². The van der Waals surface area contributed by atoms with Crippen LogP contribution in [0.2, 0.25) is 5.02 Å². The van der Waals surface area contributed by atoms with Gasteiger partial charge in [-0.1, -0.05) is 54.1 Å². The number of hydrogen-bond donors (Lipinski definition) is 3. The Morgan fingerprint density at radius 3 is 2.40 bits per heavy atom. The third-order valence-corrected chi connectivity index (χ3v) is 7.46. The molecule has 0 saturated carbocycles.